The van der Waals surface area contributed by atoms with Gasteiger partial charge >= 0.3 is 24.5 Å². The number of anilines is 4. The van der Waals surface area contributed by atoms with Gasteiger partial charge < -0.3 is 40.8 Å². The number of benzene rings is 1. The number of hydrogen-bond acceptors (Lipinski definition) is 15. The van der Waals surface area contributed by atoms with Crippen LogP contribution in [0.15, 0.2) is 51.2 Å². The van der Waals surface area contributed by atoms with Crippen LogP contribution in [-0.4, -0.2) is 92.3 Å². The number of nitrogens with zero attached hydrogens (tertiary/aromatic N) is 7. The van der Waals surface area contributed by atoms with Crippen molar-refractivity contribution >= 4 is 69.2 Å². The number of nitrogen functional groups attached to an aromatic ring is 1. The molecule has 0 unspecified atom stereocenters. The lowest BCUT2D eigenvalue weighted by molar-refractivity contribution is -0.139. The number of nitrogens with two attached hydrogens (primary N) is 2. The average molecular weight is 970 g/mol. The molecule has 4 heterocycles. The molecule has 2 aromatic heterocycles. The summed E-state index contributed by atoms with van der Waals surface area (Å²) in [6.07, 6.45) is -0.749. The molecule has 16 nitrogen and oxygen atoms in total. The summed E-state index contributed by atoms with van der Waals surface area (Å²) in [6.45, 7) is 22.2. The first kappa shape index (κ1) is 51.0. The molecular weight excluding hydrogens is 909 g/mol. The molecule has 0 spiro atoms. The molecule has 21 heteroatoms. The number of imide groups is 1. The van der Waals surface area contributed by atoms with Gasteiger partial charge in [0.25, 0.3) is 0 Å². The van der Waals surface area contributed by atoms with Crippen LogP contribution < -0.4 is 31.5 Å². The lowest BCUT2D eigenvalue weighted by Crippen LogP contribution is -2.54. The Kier molecular flexibility index (Phi) is 15.9. The minimum Gasteiger partial charge on any atom is -0.444 e. The van der Waals surface area contributed by atoms with Crippen LogP contribution in [0.1, 0.15) is 107 Å². The molecule has 0 aliphatic carbocycles. The maximum Gasteiger partial charge on any atom is 0.425 e. The number of carbonyl (C=O) groups excluding carboxylic acids is 3. The molecular formula is C42H60BrF3N10O6S. The first-order chi connectivity index (χ1) is 28.8. The van der Waals surface area contributed by atoms with Gasteiger partial charge in [0, 0.05) is 42.2 Å². The van der Waals surface area contributed by atoms with Gasteiger partial charge in [0.15, 0.2) is 11.6 Å². The summed E-state index contributed by atoms with van der Waals surface area (Å²) in [7, 11) is 0. The summed E-state index contributed by atoms with van der Waals surface area (Å²) in [5.41, 5.74) is 8.44. The molecule has 348 valence electrons. The van der Waals surface area contributed by atoms with Crippen LogP contribution in [0, 0.1) is 0 Å². The molecule has 0 atom stereocenters. The second kappa shape index (κ2) is 19.6. The normalized spacial score (nSPS) is 16.6. The van der Waals surface area contributed by atoms with E-state index in [4.69, 9.17) is 25.7 Å². The standard InChI is InChI=1S/C25H40BrN5O6.C17H20F3N5S/c1-22(2,3)35-19(32)29-25(10)11-13-30(14-12-25)16-15-27-17(26)18(28-16)31(20(33)36-23(4,5)6)21(34)37-24(7,8)9;1-16(22)6-8-25(9-7-16)13-10-23-15(14(21)24-13)26-12-5-3-2-4-11(12)17(18,19)20/h15H,11-14H2,1-10H3,(H,29,32);2-5,10H,6-9,22H2,1H3,(H2,21,24). The summed E-state index contributed by atoms with van der Waals surface area (Å²) < 4.78 is 55.9. The van der Waals surface area contributed by atoms with Gasteiger partial charge in [0.2, 0.25) is 0 Å². The Morgan fingerprint density at radius 2 is 1.25 bits per heavy atom. The van der Waals surface area contributed by atoms with Crippen molar-refractivity contribution in [3.05, 3.63) is 46.8 Å². The second-order valence-electron chi connectivity index (χ2n) is 19.0. The van der Waals surface area contributed by atoms with E-state index in [0.29, 0.717) is 37.6 Å². The fraction of sp³-hybridized carbons (Fsp3) is 0.595. The summed E-state index contributed by atoms with van der Waals surface area (Å²) in [5.74, 6) is 1.16. The van der Waals surface area contributed by atoms with Crippen molar-refractivity contribution in [1.82, 2.24) is 25.3 Å². The van der Waals surface area contributed by atoms with E-state index in [1.165, 1.54) is 12.1 Å². The Morgan fingerprint density at radius 3 is 1.75 bits per heavy atom. The molecule has 2 aliphatic rings. The minimum atomic E-state index is -4.44. The highest BCUT2D eigenvalue weighted by atomic mass is 79.9. The third-order valence-corrected chi connectivity index (χ3v) is 11.1. The topological polar surface area (TPSA) is 204 Å². The number of ether oxygens (including phenoxy) is 3. The number of halogens is 4. The zero-order valence-corrected chi connectivity index (χ0v) is 40.2. The van der Waals surface area contributed by atoms with Gasteiger partial charge in [0.05, 0.1) is 18.0 Å². The fourth-order valence-electron chi connectivity index (χ4n) is 6.17. The van der Waals surface area contributed by atoms with Crippen LogP contribution in [0.2, 0.25) is 0 Å². The lowest BCUT2D eigenvalue weighted by Gasteiger charge is -2.40. The molecule has 2 aliphatic heterocycles. The Labute approximate surface area is 379 Å². The van der Waals surface area contributed by atoms with E-state index in [2.05, 4.69) is 41.2 Å². The van der Waals surface area contributed by atoms with Crippen LogP contribution in [0.5, 0.6) is 0 Å². The number of rotatable bonds is 6. The van der Waals surface area contributed by atoms with E-state index in [1.807, 2.05) is 44.4 Å². The Bertz CT molecular complexity index is 2060. The number of hydrogen-bond donors (Lipinski definition) is 3. The molecule has 3 aromatic rings. The van der Waals surface area contributed by atoms with Gasteiger partial charge in [-0.2, -0.15) is 18.1 Å². The van der Waals surface area contributed by atoms with Crippen LogP contribution in [-0.2, 0) is 20.4 Å². The number of aromatic nitrogens is 4. The smallest absolute Gasteiger partial charge is 0.425 e. The Morgan fingerprint density at radius 1 is 0.778 bits per heavy atom. The van der Waals surface area contributed by atoms with E-state index in [1.54, 1.807) is 60.0 Å². The van der Waals surface area contributed by atoms with Gasteiger partial charge in [-0.25, -0.2) is 34.3 Å². The number of nitrogens with one attached hydrogen (secondary N) is 1. The van der Waals surface area contributed by atoms with Crippen LogP contribution in [0.25, 0.3) is 0 Å². The third kappa shape index (κ3) is 15.5. The molecule has 5 N–H and O–H groups in total. The highest BCUT2D eigenvalue weighted by Crippen LogP contribution is 2.40. The SMILES string of the molecule is CC1(N)CCN(c2cnc(Sc3ccccc3C(F)(F)F)c(N)n2)CC1.CC1(NC(=O)OC(C)(C)C)CCN(c2cnc(Br)c(N(C(=O)OC(C)(C)C)C(=O)OC(C)(C)C)n2)CC1. The number of alkyl carbamates (subject to hydrolysis) is 1. The van der Waals surface area contributed by atoms with Crippen molar-refractivity contribution in [2.45, 2.75) is 146 Å². The molecule has 3 amide bonds. The average Bonchev–Trinajstić information content (AvgIpc) is 3.11. The van der Waals surface area contributed by atoms with E-state index >= 15 is 0 Å². The largest absolute Gasteiger partial charge is 0.444 e. The van der Waals surface area contributed by atoms with Crippen molar-refractivity contribution < 1.29 is 41.8 Å². The van der Waals surface area contributed by atoms with Crippen LogP contribution in [0.3, 0.4) is 0 Å². The zero-order valence-electron chi connectivity index (χ0n) is 37.8. The van der Waals surface area contributed by atoms with Crippen molar-refractivity contribution in [2.75, 3.05) is 46.6 Å². The number of alkyl halides is 3. The summed E-state index contributed by atoms with van der Waals surface area (Å²) >= 11 is 4.18. The van der Waals surface area contributed by atoms with Gasteiger partial charge in [-0.05, 0) is 130 Å². The fourth-order valence-corrected chi connectivity index (χ4v) is 7.44. The number of amides is 3. The highest BCUT2D eigenvalue weighted by molar-refractivity contribution is 9.10. The first-order valence-corrected chi connectivity index (χ1v) is 22.0. The Hall–Kier alpha value is -4.63. The maximum atomic E-state index is 13.1. The van der Waals surface area contributed by atoms with Gasteiger partial charge in [-0.3, -0.25) is 0 Å². The molecule has 63 heavy (non-hydrogen) atoms. The van der Waals surface area contributed by atoms with Crippen molar-refractivity contribution in [2.24, 2.45) is 5.73 Å². The first-order valence-electron chi connectivity index (χ1n) is 20.4. The molecule has 1 aromatic carbocycles. The van der Waals surface area contributed by atoms with Crippen molar-refractivity contribution in [1.29, 1.82) is 0 Å². The molecule has 5 rings (SSSR count). The van der Waals surface area contributed by atoms with E-state index in [9.17, 15) is 27.6 Å². The third-order valence-electron chi connectivity index (χ3n) is 9.44. The highest BCUT2D eigenvalue weighted by Gasteiger charge is 2.38. The molecule has 2 saturated heterocycles. The van der Waals surface area contributed by atoms with E-state index < -0.39 is 52.4 Å². The predicted octanol–water partition coefficient (Wildman–Crippen LogP) is 9.35. The van der Waals surface area contributed by atoms with Gasteiger partial charge in [-0.1, -0.05) is 23.9 Å². The van der Waals surface area contributed by atoms with E-state index in [-0.39, 0.29) is 31.7 Å². The zero-order chi connectivity index (χ0) is 47.3. The second-order valence-corrected chi connectivity index (χ2v) is 20.8. The van der Waals surface area contributed by atoms with Crippen LogP contribution in [0.4, 0.5) is 50.8 Å². The monoisotopic (exact) mass is 968 g/mol. The van der Waals surface area contributed by atoms with Gasteiger partial charge in [-0.15, -0.1) is 0 Å². The Balaban J connectivity index is 0.000000293. The van der Waals surface area contributed by atoms with Gasteiger partial charge in [0.1, 0.15) is 38.1 Å². The summed E-state index contributed by atoms with van der Waals surface area (Å²) in [5, 5.41) is 3.23. The summed E-state index contributed by atoms with van der Waals surface area (Å²) in [6, 6.07) is 5.34. The maximum absolute atomic E-state index is 13.1. The molecule has 0 saturated carbocycles. The van der Waals surface area contributed by atoms with Crippen molar-refractivity contribution in [3.63, 3.8) is 0 Å². The number of piperidine rings is 2. The van der Waals surface area contributed by atoms with E-state index in [0.717, 1.165) is 48.7 Å². The van der Waals surface area contributed by atoms with Crippen molar-refractivity contribution in [3.8, 4) is 0 Å². The molecule has 0 radical (unpaired) electrons. The lowest BCUT2D eigenvalue weighted by atomic mass is 9.90. The number of carbonyl (C=O) groups is 3. The quantitative estimate of drug-likeness (QED) is 0.197. The molecule has 2 fully saturated rings. The van der Waals surface area contributed by atoms with Crippen LogP contribution >= 0.6 is 27.7 Å². The summed E-state index contributed by atoms with van der Waals surface area (Å²) in [4.78, 5) is 60.7. The predicted molar refractivity (Wildman–Crippen MR) is 240 cm³/mol. The molecule has 0 bridgehead atoms. The minimum absolute atomic E-state index is 0.0405.